The van der Waals surface area contributed by atoms with Gasteiger partial charge in [-0.2, -0.15) is 0 Å². The lowest BCUT2D eigenvalue weighted by molar-refractivity contribution is -0.123. The fourth-order valence-corrected chi connectivity index (χ4v) is 3.24. The maximum atomic E-state index is 12.1. The monoisotopic (exact) mass is 411 g/mol. The minimum Gasteiger partial charge on any atom is -0.352 e. The van der Waals surface area contributed by atoms with Crippen molar-refractivity contribution in [2.75, 3.05) is 0 Å². The number of nitrogens with zero attached hydrogens (tertiary/aromatic N) is 1. The van der Waals surface area contributed by atoms with E-state index in [9.17, 15) is 14.4 Å². The van der Waals surface area contributed by atoms with Crippen LogP contribution in [0.3, 0.4) is 0 Å². The summed E-state index contributed by atoms with van der Waals surface area (Å²) in [6.07, 6.45) is 3.03. The molecule has 0 bridgehead atoms. The Morgan fingerprint density at radius 1 is 1.29 bits per heavy atom. The van der Waals surface area contributed by atoms with Crippen molar-refractivity contribution in [1.82, 2.24) is 14.9 Å². The SMILES string of the molecule is O=C(Cn1cc(Br)c(=O)[nH]c1=O)NC1CC(c2ccc(Cl)cc2)C1. The van der Waals surface area contributed by atoms with Crippen LogP contribution in [0.4, 0.5) is 0 Å². The second kappa shape index (κ2) is 6.94. The number of aromatic nitrogens is 2. The summed E-state index contributed by atoms with van der Waals surface area (Å²) >= 11 is 8.92. The van der Waals surface area contributed by atoms with Crippen molar-refractivity contribution in [3.05, 3.63) is 66.4 Å². The molecule has 1 fully saturated rings. The lowest BCUT2D eigenvalue weighted by atomic mass is 9.76. The summed E-state index contributed by atoms with van der Waals surface area (Å²) in [6.45, 7) is -0.129. The average Bonchev–Trinajstić information content (AvgIpc) is 2.49. The van der Waals surface area contributed by atoms with Gasteiger partial charge in [0.05, 0.1) is 4.47 Å². The molecule has 1 aliphatic rings. The highest BCUT2D eigenvalue weighted by atomic mass is 79.9. The third-order valence-corrected chi connectivity index (χ3v) is 4.94. The van der Waals surface area contributed by atoms with E-state index < -0.39 is 11.2 Å². The predicted molar refractivity (Wildman–Crippen MR) is 94.4 cm³/mol. The lowest BCUT2D eigenvalue weighted by Crippen LogP contribution is -2.45. The number of benzene rings is 1. The first-order valence-corrected chi connectivity index (χ1v) is 8.63. The number of nitrogens with one attached hydrogen (secondary N) is 2. The number of halogens is 2. The molecule has 0 aliphatic heterocycles. The molecule has 3 rings (SSSR count). The highest BCUT2D eigenvalue weighted by Gasteiger charge is 2.31. The number of aromatic amines is 1. The van der Waals surface area contributed by atoms with Gasteiger partial charge in [-0.15, -0.1) is 0 Å². The molecule has 1 aliphatic carbocycles. The number of H-pyrrole nitrogens is 1. The summed E-state index contributed by atoms with van der Waals surface area (Å²) in [6, 6.07) is 7.83. The maximum Gasteiger partial charge on any atom is 0.328 e. The molecule has 0 unspecified atom stereocenters. The smallest absolute Gasteiger partial charge is 0.328 e. The third kappa shape index (κ3) is 3.79. The van der Waals surface area contributed by atoms with Gasteiger partial charge in [-0.3, -0.25) is 19.1 Å². The summed E-state index contributed by atoms with van der Waals surface area (Å²) in [5.41, 5.74) is 0.0955. The molecule has 6 nitrogen and oxygen atoms in total. The fourth-order valence-electron chi connectivity index (χ4n) is 2.77. The van der Waals surface area contributed by atoms with Crippen LogP contribution in [0.2, 0.25) is 5.02 Å². The van der Waals surface area contributed by atoms with Gasteiger partial charge < -0.3 is 5.32 Å². The van der Waals surface area contributed by atoms with Gasteiger partial charge in [0.25, 0.3) is 5.56 Å². The molecule has 126 valence electrons. The standard InChI is InChI=1S/C16H15BrClN3O3/c17-13-7-21(16(24)20-15(13)23)8-14(22)19-12-5-10(6-12)9-1-3-11(18)4-2-9/h1-4,7,10,12H,5-6,8H2,(H,19,22)(H,20,23,24). The Morgan fingerprint density at radius 3 is 2.62 bits per heavy atom. The zero-order valence-corrected chi connectivity index (χ0v) is 14.9. The van der Waals surface area contributed by atoms with Crippen LogP contribution in [0.5, 0.6) is 0 Å². The lowest BCUT2D eigenvalue weighted by Gasteiger charge is -2.36. The number of amides is 1. The van der Waals surface area contributed by atoms with Crippen LogP contribution in [0.15, 0.2) is 44.5 Å². The predicted octanol–water partition coefficient (Wildman–Crippen LogP) is 2.01. The molecule has 1 aromatic heterocycles. The van der Waals surface area contributed by atoms with E-state index in [1.165, 1.54) is 11.8 Å². The Labute approximate surface area is 151 Å². The second-order valence-corrected chi connectivity index (χ2v) is 7.14. The van der Waals surface area contributed by atoms with Crippen LogP contribution < -0.4 is 16.6 Å². The van der Waals surface area contributed by atoms with Gasteiger partial charge in [0.1, 0.15) is 6.54 Å². The first-order valence-electron chi connectivity index (χ1n) is 7.46. The summed E-state index contributed by atoms with van der Waals surface area (Å²) in [7, 11) is 0. The van der Waals surface area contributed by atoms with Gasteiger partial charge in [0, 0.05) is 17.3 Å². The van der Waals surface area contributed by atoms with E-state index in [0.717, 1.165) is 17.4 Å². The minimum atomic E-state index is -0.606. The van der Waals surface area contributed by atoms with Gasteiger partial charge in [0.2, 0.25) is 5.91 Å². The molecule has 2 aromatic rings. The number of hydrogen-bond donors (Lipinski definition) is 2. The molecule has 1 amide bonds. The Balaban J connectivity index is 1.54. The molecule has 0 spiro atoms. The Bertz CT molecular complexity index is 869. The zero-order valence-electron chi connectivity index (χ0n) is 12.6. The van der Waals surface area contributed by atoms with Crippen molar-refractivity contribution >= 4 is 33.4 Å². The minimum absolute atomic E-state index is 0.0973. The quantitative estimate of drug-likeness (QED) is 0.806. The topological polar surface area (TPSA) is 84.0 Å². The Hall–Kier alpha value is -1.86. The van der Waals surface area contributed by atoms with E-state index in [1.807, 2.05) is 24.3 Å². The van der Waals surface area contributed by atoms with E-state index in [4.69, 9.17) is 11.6 Å². The highest BCUT2D eigenvalue weighted by molar-refractivity contribution is 9.10. The van der Waals surface area contributed by atoms with Gasteiger partial charge in [-0.1, -0.05) is 23.7 Å². The van der Waals surface area contributed by atoms with Gasteiger partial charge >= 0.3 is 5.69 Å². The Morgan fingerprint density at radius 2 is 1.96 bits per heavy atom. The number of rotatable bonds is 4. The molecular weight excluding hydrogens is 398 g/mol. The van der Waals surface area contributed by atoms with E-state index >= 15 is 0 Å². The third-order valence-electron chi connectivity index (χ3n) is 4.13. The van der Waals surface area contributed by atoms with Crippen molar-refractivity contribution in [1.29, 1.82) is 0 Å². The second-order valence-electron chi connectivity index (χ2n) is 5.85. The molecule has 0 saturated heterocycles. The molecular formula is C16H15BrClN3O3. The van der Waals surface area contributed by atoms with Crippen LogP contribution in [-0.2, 0) is 11.3 Å². The van der Waals surface area contributed by atoms with Gasteiger partial charge in [-0.25, -0.2) is 4.79 Å². The molecule has 0 atom stereocenters. The Kier molecular flexibility index (Phi) is 4.91. The molecule has 2 N–H and O–H groups in total. The highest BCUT2D eigenvalue weighted by Crippen LogP contribution is 2.37. The average molecular weight is 413 g/mol. The van der Waals surface area contributed by atoms with Crippen LogP contribution in [0.25, 0.3) is 0 Å². The summed E-state index contributed by atoms with van der Waals surface area (Å²) in [5.74, 6) is 0.160. The number of carbonyl (C=O) groups is 1. The molecule has 1 saturated carbocycles. The largest absolute Gasteiger partial charge is 0.352 e. The van der Waals surface area contributed by atoms with E-state index in [2.05, 4.69) is 26.2 Å². The zero-order chi connectivity index (χ0) is 17.3. The number of hydrogen-bond acceptors (Lipinski definition) is 3. The first-order chi connectivity index (χ1) is 11.4. The van der Waals surface area contributed by atoms with E-state index in [-0.39, 0.29) is 23.0 Å². The molecule has 24 heavy (non-hydrogen) atoms. The van der Waals surface area contributed by atoms with Crippen molar-refractivity contribution in [2.24, 2.45) is 0 Å². The molecule has 0 radical (unpaired) electrons. The number of carbonyl (C=O) groups excluding carboxylic acids is 1. The van der Waals surface area contributed by atoms with Crippen LogP contribution in [-0.4, -0.2) is 21.5 Å². The molecule has 8 heteroatoms. The van der Waals surface area contributed by atoms with Crippen molar-refractivity contribution < 1.29 is 4.79 Å². The van der Waals surface area contributed by atoms with E-state index in [1.54, 1.807) is 0 Å². The van der Waals surface area contributed by atoms with Crippen LogP contribution in [0.1, 0.15) is 24.3 Å². The normalized spacial score (nSPS) is 19.6. The first kappa shape index (κ1) is 17.0. The van der Waals surface area contributed by atoms with Crippen molar-refractivity contribution in [3.63, 3.8) is 0 Å². The maximum absolute atomic E-state index is 12.1. The fraction of sp³-hybridized carbons (Fsp3) is 0.312. The van der Waals surface area contributed by atoms with Crippen LogP contribution >= 0.6 is 27.5 Å². The van der Waals surface area contributed by atoms with Crippen molar-refractivity contribution in [2.45, 2.75) is 31.3 Å². The summed E-state index contributed by atoms with van der Waals surface area (Å²) in [4.78, 5) is 37.1. The molecule has 1 aromatic carbocycles. The van der Waals surface area contributed by atoms with E-state index in [0.29, 0.717) is 10.9 Å². The summed E-state index contributed by atoms with van der Waals surface area (Å²) in [5, 5.41) is 3.61. The molecule has 1 heterocycles. The van der Waals surface area contributed by atoms with Gasteiger partial charge in [0.15, 0.2) is 0 Å². The van der Waals surface area contributed by atoms with Crippen molar-refractivity contribution in [3.8, 4) is 0 Å². The van der Waals surface area contributed by atoms with Gasteiger partial charge in [-0.05, 0) is 52.4 Å². The summed E-state index contributed by atoms with van der Waals surface area (Å²) < 4.78 is 1.37. The van der Waals surface area contributed by atoms with Crippen LogP contribution in [0, 0.1) is 0 Å².